The maximum atomic E-state index is 13.3. The number of pyridine rings is 1. The van der Waals surface area contributed by atoms with Crippen molar-refractivity contribution in [3.63, 3.8) is 0 Å². The number of aromatic amines is 1. The lowest BCUT2D eigenvalue weighted by Crippen LogP contribution is -2.09. The molecule has 3 aromatic rings. The fourth-order valence-corrected chi connectivity index (χ4v) is 2.57. The summed E-state index contributed by atoms with van der Waals surface area (Å²) in [7, 11) is 0. The quantitative estimate of drug-likeness (QED) is 0.584. The molecule has 2 aromatic carbocycles. The van der Waals surface area contributed by atoms with Gasteiger partial charge in [0, 0.05) is 30.1 Å². The molecule has 1 heterocycles. The van der Waals surface area contributed by atoms with E-state index in [9.17, 15) is 22.4 Å². The minimum absolute atomic E-state index is 0.0122. The van der Waals surface area contributed by atoms with E-state index >= 15 is 0 Å². The topological polar surface area (TPSA) is 54.1 Å². The van der Waals surface area contributed by atoms with E-state index in [1.54, 1.807) is 13.0 Å². The summed E-state index contributed by atoms with van der Waals surface area (Å²) in [4.78, 5) is 13.8. The Balaban J connectivity index is 1.93. The van der Waals surface area contributed by atoms with Gasteiger partial charge in [-0.25, -0.2) is 4.39 Å². The van der Waals surface area contributed by atoms with E-state index in [2.05, 4.69) is 10.3 Å². The summed E-state index contributed by atoms with van der Waals surface area (Å²) in [6, 6.07) is 9.87. The third-order valence-corrected chi connectivity index (χ3v) is 4.01. The van der Waals surface area contributed by atoms with Gasteiger partial charge < -0.3 is 15.0 Å². The number of benzene rings is 2. The van der Waals surface area contributed by atoms with Crippen LogP contribution in [0.3, 0.4) is 0 Å². The number of anilines is 1. The molecule has 0 radical (unpaired) electrons. The molecule has 0 aliphatic rings. The Morgan fingerprint density at radius 2 is 1.82 bits per heavy atom. The maximum Gasteiger partial charge on any atom is 0.416 e. The average molecular weight is 392 g/mol. The number of hydrogen-bond acceptors (Lipinski definition) is 3. The van der Waals surface area contributed by atoms with Crippen molar-refractivity contribution in [1.82, 2.24) is 4.98 Å². The Hall–Kier alpha value is -3.29. The smallest absolute Gasteiger partial charge is 0.416 e. The van der Waals surface area contributed by atoms with E-state index in [0.29, 0.717) is 16.8 Å². The van der Waals surface area contributed by atoms with Crippen LogP contribution < -0.4 is 15.6 Å². The van der Waals surface area contributed by atoms with E-state index in [1.807, 2.05) is 0 Å². The van der Waals surface area contributed by atoms with Crippen molar-refractivity contribution in [3.05, 3.63) is 87.6 Å². The van der Waals surface area contributed by atoms with Gasteiger partial charge in [-0.2, -0.15) is 13.2 Å². The zero-order valence-electron chi connectivity index (χ0n) is 14.7. The summed E-state index contributed by atoms with van der Waals surface area (Å²) in [5.74, 6) is -0.231. The predicted molar refractivity (Wildman–Crippen MR) is 97.0 cm³/mol. The largest absolute Gasteiger partial charge is 0.457 e. The van der Waals surface area contributed by atoms with Gasteiger partial charge in [-0.05, 0) is 48.9 Å². The molecule has 0 spiro atoms. The molecule has 0 amide bonds. The van der Waals surface area contributed by atoms with Crippen LogP contribution in [0.15, 0.2) is 59.5 Å². The zero-order chi connectivity index (χ0) is 20.3. The average Bonchev–Trinajstić information content (AvgIpc) is 2.62. The lowest BCUT2D eigenvalue weighted by Gasteiger charge is -2.16. The van der Waals surface area contributed by atoms with Crippen molar-refractivity contribution >= 4 is 5.69 Å². The van der Waals surface area contributed by atoms with Crippen LogP contribution in [0, 0.1) is 12.7 Å². The molecule has 8 heteroatoms. The number of ether oxygens (including phenoxy) is 1. The molecule has 2 N–H and O–H groups in total. The molecular formula is C20H16F4N2O2. The fourth-order valence-electron chi connectivity index (χ4n) is 2.57. The van der Waals surface area contributed by atoms with Crippen molar-refractivity contribution in [3.8, 4) is 11.5 Å². The lowest BCUT2D eigenvalue weighted by molar-refractivity contribution is -0.137. The molecule has 146 valence electrons. The summed E-state index contributed by atoms with van der Waals surface area (Å²) in [5, 5.41) is 2.97. The van der Waals surface area contributed by atoms with E-state index in [0.717, 1.165) is 12.1 Å². The molecule has 4 nitrogen and oxygen atoms in total. The van der Waals surface area contributed by atoms with Crippen LogP contribution in [-0.2, 0) is 12.7 Å². The first-order chi connectivity index (χ1) is 13.2. The Kier molecular flexibility index (Phi) is 5.39. The summed E-state index contributed by atoms with van der Waals surface area (Å²) in [6.45, 7) is 1.72. The molecule has 0 fully saturated rings. The molecule has 0 unspecified atom stereocenters. The summed E-state index contributed by atoms with van der Waals surface area (Å²) in [5.41, 5.74) is 0.230. The molecule has 0 saturated carbocycles. The summed E-state index contributed by atoms with van der Waals surface area (Å²) < 4.78 is 58.3. The van der Waals surface area contributed by atoms with Crippen LogP contribution in [0.2, 0.25) is 0 Å². The highest BCUT2D eigenvalue weighted by atomic mass is 19.4. The molecule has 0 aliphatic carbocycles. The molecular weight excluding hydrogens is 376 g/mol. The van der Waals surface area contributed by atoms with Gasteiger partial charge in [-0.15, -0.1) is 0 Å². The van der Waals surface area contributed by atoms with Crippen LogP contribution in [0.4, 0.5) is 23.2 Å². The van der Waals surface area contributed by atoms with Gasteiger partial charge in [0.15, 0.2) is 0 Å². The highest BCUT2D eigenvalue weighted by Crippen LogP contribution is 2.36. The highest BCUT2D eigenvalue weighted by Gasteiger charge is 2.31. The fraction of sp³-hybridized carbons (Fsp3) is 0.150. The van der Waals surface area contributed by atoms with Crippen LogP contribution in [0.5, 0.6) is 11.5 Å². The minimum Gasteiger partial charge on any atom is -0.457 e. The standard InChI is InChI=1S/C20H16F4N2O2/c1-12-8-15(21)4-5-17(12)28-18-9-14(20(22,23)24)3-2-13(18)11-26-16-6-7-25-19(27)10-16/h2-10H,11H2,1H3,(H2,25,26,27). The second-order valence-corrected chi connectivity index (χ2v) is 6.13. The number of hydrogen-bond donors (Lipinski definition) is 2. The molecule has 0 aliphatic heterocycles. The number of alkyl halides is 3. The van der Waals surface area contributed by atoms with Crippen LogP contribution in [-0.4, -0.2) is 4.98 Å². The van der Waals surface area contributed by atoms with Gasteiger partial charge in [-0.1, -0.05) is 6.07 Å². The van der Waals surface area contributed by atoms with Crippen molar-refractivity contribution in [1.29, 1.82) is 0 Å². The number of H-pyrrole nitrogens is 1. The molecule has 0 atom stereocenters. The Morgan fingerprint density at radius 3 is 2.50 bits per heavy atom. The third-order valence-electron chi connectivity index (χ3n) is 4.01. The highest BCUT2D eigenvalue weighted by molar-refractivity contribution is 5.47. The predicted octanol–water partition coefficient (Wildman–Crippen LogP) is 5.25. The third kappa shape index (κ3) is 4.70. The van der Waals surface area contributed by atoms with Gasteiger partial charge in [-0.3, -0.25) is 4.79 Å². The first kappa shape index (κ1) is 19.5. The first-order valence-electron chi connectivity index (χ1n) is 8.29. The molecule has 0 bridgehead atoms. The number of aryl methyl sites for hydroxylation is 1. The van der Waals surface area contributed by atoms with Crippen LogP contribution in [0.25, 0.3) is 0 Å². The Labute approximate surface area is 157 Å². The normalized spacial score (nSPS) is 11.3. The van der Waals surface area contributed by atoms with Crippen molar-refractivity contribution in [2.24, 2.45) is 0 Å². The summed E-state index contributed by atoms with van der Waals surface area (Å²) in [6.07, 6.45) is -3.08. The summed E-state index contributed by atoms with van der Waals surface area (Å²) >= 11 is 0. The Bertz CT molecular complexity index is 1040. The minimum atomic E-state index is -4.53. The lowest BCUT2D eigenvalue weighted by atomic mass is 10.1. The Morgan fingerprint density at radius 1 is 1.04 bits per heavy atom. The second kappa shape index (κ2) is 7.75. The SMILES string of the molecule is Cc1cc(F)ccc1Oc1cc(C(F)(F)F)ccc1CNc1cc[nH]c(=O)c1. The van der Waals surface area contributed by atoms with Crippen LogP contribution >= 0.6 is 0 Å². The van der Waals surface area contributed by atoms with Gasteiger partial charge in [0.2, 0.25) is 5.56 Å². The second-order valence-electron chi connectivity index (χ2n) is 6.13. The van der Waals surface area contributed by atoms with E-state index in [1.165, 1.54) is 36.5 Å². The van der Waals surface area contributed by atoms with Gasteiger partial charge in [0.05, 0.1) is 5.56 Å². The van der Waals surface area contributed by atoms with E-state index in [4.69, 9.17) is 4.74 Å². The monoisotopic (exact) mass is 392 g/mol. The van der Waals surface area contributed by atoms with Crippen molar-refractivity contribution in [2.45, 2.75) is 19.6 Å². The van der Waals surface area contributed by atoms with Crippen LogP contribution in [0.1, 0.15) is 16.7 Å². The number of rotatable bonds is 5. The number of halogens is 4. The van der Waals surface area contributed by atoms with Crippen molar-refractivity contribution < 1.29 is 22.3 Å². The number of aromatic nitrogens is 1. The zero-order valence-corrected chi connectivity index (χ0v) is 14.7. The number of nitrogens with one attached hydrogen (secondary N) is 2. The maximum absolute atomic E-state index is 13.3. The van der Waals surface area contributed by atoms with E-state index in [-0.39, 0.29) is 23.6 Å². The van der Waals surface area contributed by atoms with Gasteiger partial charge in [0.25, 0.3) is 0 Å². The molecule has 0 saturated heterocycles. The van der Waals surface area contributed by atoms with Gasteiger partial charge >= 0.3 is 6.18 Å². The first-order valence-corrected chi connectivity index (χ1v) is 8.29. The van der Waals surface area contributed by atoms with Crippen molar-refractivity contribution in [2.75, 3.05) is 5.32 Å². The van der Waals surface area contributed by atoms with Gasteiger partial charge in [0.1, 0.15) is 17.3 Å². The van der Waals surface area contributed by atoms with E-state index < -0.39 is 17.6 Å². The molecule has 3 rings (SSSR count). The molecule has 28 heavy (non-hydrogen) atoms. The molecule has 1 aromatic heterocycles.